The molecule has 0 aliphatic heterocycles. The van der Waals surface area contributed by atoms with E-state index in [-0.39, 0.29) is 0 Å². The minimum atomic E-state index is -0.988. The fourth-order valence-corrected chi connectivity index (χ4v) is 1.33. The van der Waals surface area contributed by atoms with E-state index in [1.807, 2.05) is 6.92 Å². The lowest BCUT2D eigenvalue weighted by Gasteiger charge is -1.90. The van der Waals surface area contributed by atoms with Crippen LogP contribution >= 0.6 is 0 Å². The Kier molecular flexibility index (Phi) is 2.01. The summed E-state index contributed by atoms with van der Waals surface area (Å²) in [6.07, 6.45) is 4.09. The van der Waals surface area contributed by atoms with Crippen LogP contribution in [0.4, 0.5) is 0 Å². The highest BCUT2D eigenvalue weighted by Gasteiger charge is 2.24. The van der Waals surface area contributed by atoms with E-state index >= 15 is 0 Å². The zero-order valence-electron chi connectivity index (χ0n) is 5.76. The van der Waals surface area contributed by atoms with Gasteiger partial charge in [0.15, 0.2) is 0 Å². The first-order valence-corrected chi connectivity index (χ1v) is 4.60. The molecule has 1 saturated carbocycles. The molecule has 0 saturated heterocycles. The van der Waals surface area contributed by atoms with Gasteiger partial charge in [0.05, 0.1) is 0 Å². The SMILES string of the molecule is C/C(=N\S(C)=O)C1CC1. The Hall–Kier alpha value is -0.180. The summed E-state index contributed by atoms with van der Waals surface area (Å²) in [5.41, 5.74) is 1.07. The molecule has 0 heterocycles. The molecule has 1 fully saturated rings. The average molecular weight is 145 g/mol. The van der Waals surface area contributed by atoms with E-state index in [0.29, 0.717) is 5.92 Å². The van der Waals surface area contributed by atoms with Crippen LogP contribution in [-0.4, -0.2) is 16.2 Å². The third-order valence-corrected chi connectivity index (χ3v) is 1.99. The molecule has 0 spiro atoms. The van der Waals surface area contributed by atoms with Gasteiger partial charge in [-0.25, -0.2) is 4.21 Å². The van der Waals surface area contributed by atoms with Crippen molar-refractivity contribution in [1.82, 2.24) is 0 Å². The van der Waals surface area contributed by atoms with Gasteiger partial charge in [-0.15, -0.1) is 0 Å². The van der Waals surface area contributed by atoms with Gasteiger partial charge in [0.1, 0.15) is 11.0 Å². The van der Waals surface area contributed by atoms with Crippen molar-refractivity contribution in [3.63, 3.8) is 0 Å². The molecule has 1 atom stereocenters. The molecule has 1 aliphatic rings. The molecular formula is C6H11NOS. The van der Waals surface area contributed by atoms with E-state index in [2.05, 4.69) is 4.40 Å². The maximum atomic E-state index is 10.5. The van der Waals surface area contributed by atoms with E-state index in [1.54, 1.807) is 6.26 Å². The molecule has 1 rings (SSSR count). The van der Waals surface area contributed by atoms with Gasteiger partial charge in [-0.05, 0) is 25.7 Å². The van der Waals surface area contributed by atoms with Gasteiger partial charge in [-0.3, -0.25) is 0 Å². The third-order valence-electron chi connectivity index (χ3n) is 1.44. The largest absolute Gasteiger partial charge is 0.235 e. The van der Waals surface area contributed by atoms with Gasteiger partial charge in [-0.2, -0.15) is 4.40 Å². The second-order valence-electron chi connectivity index (χ2n) is 2.43. The van der Waals surface area contributed by atoms with Crippen molar-refractivity contribution in [2.24, 2.45) is 10.3 Å². The molecule has 1 aliphatic carbocycles. The van der Waals surface area contributed by atoms with Crippen molar-refractivity contribution in [2.75, 3.05) is 6.26 Å². The lowest BCUT2D eigenvalue weighted by Crippen LogP contribution is -1.95. The van der Waals surface area contributed by atoms with E-state index < -0.39 is 11.0 Å². The highest BCUT2D eigenvalue weighted by atomic mass is 32.2. The molecule has 2 nitrogen and oxygen atoms in total. The van der Waals surface area contributed by atoms with Crippen LogP contribution in [0.2, 0.25) is 0 Å². The molecule has 0 N–H and O–H groups in total. The summed E-state index contributed by atoms with van der Waals surface area (Å²) in [4.78, 5) is 0. The normalized spacial score (nSPS) is 24.0. The van der Waals surface area contributed by atoms with Crippen LogP contribution < -0.4 is 0 Å². The van der Waals surface area contributed by atoms with Crippen molar-refractivity contribution in [2.45, 2.75) is 19.8 Å². The van der Waals surface area contributed by atoms with Crippen molar-refractivity contribution in [3.05, 3.63) is 0 Å². The second-order valence-corrected chi connectivity index (χ2v) is 3.46. The molecule has 52 valence electrons. The lowest BCUT2D eigenvalue weighted by atomic mass is 10.3. The maximum absolute atomic E-state index is 10.5. The van der Waals surface area contributed by atoms with E-state index in [4.69, 9.17) is 0 Å². The lowest BCUT2D eigenvalue weighted by molar-refractivity contribution is 0.688. The standard InChI is InChI=1S/C6H11NOS/c1-5(6-3-4-6)7-9(2)8/h6H,3-4H2,1-2H3/b7-5+. The monoisotopic (exact) mass is 145 g/mol. The van der Waals surface area contributed by atoms with Crippen LogP contribution in [-0.2, 0) is 11.0 Å². The van der Waals surface area contributed by atoms with Gasteiger partial charge in [0.2, 0.25) is 0 Å². The van der Waals surface area contributed by atoms with E-state index in [0.717, 1.165) is 5.71 Å². The molecule has 0 aromatic heterocycles. The summed E-state index contributed by atoms with van der Waals surface area (Å²) in [6, 6.07) is 0. The number of hydrogen-bond acceptors (Lipinski definition) is 1. The molecule has 3 heteroatoms. The first kappa shape index (κ1) is 6.93. The quantitative estimate of drug-likeness (QED) is 0.536. The van der Waals surface area contributed by atoms with Gasteiger partial charge in [0, 0.05) is 12.0 Å². The minimum absolute atomic E-state index is 0.661. The highest BCUT2D eigenvalue weighted by Crippen LogP contribution is 2.30. The first-order valence-electron chi connectivity index (χ1n) is 3.09. The van der Waals surface area contributed by atoms with Gasteiger partial charge in [0.25, 0.3) is 0 Å². The van der Waals surface area contributed by atoms with E-state index in [9.17, 15) is 4.21 Å². The van der Waals surface area contributed by atoms with Crippen LogP contribution in [0.5, 0.6) is 0 Å². The molecule has 0 aromatic carbocycles. The van der Waals surface area contributed by atoms with Crippen molar-refractivity contribution < 1.29 is 4.21 Å². The molecule has 0 aromatic rings. The van der Waals surface area contributed by atoms with Gasteiger partial charge >= 0.3 is 0 Å². The summed E-state index contributed by atoms with van der Waals surface area (Å²) < 4.78 is 14.4. The van der Waals surface area contributed by atoms with Crippen molar-refractivity contribution >= 4 is 16.7 Å². The Labute approximate surface area is 58.0 Å². The summed E-state index contributed by atoms with van der Waals surface area (Å²) in [6.45, 7) is 1.96. The molecule has 9 heavy (non-hydrogen) atoms. The van der Waals surface area contributed by atoms with E-state index in [1.165, 1.54) is 12.8 Å². The zero-order chi connectivity index (χ0) is 6.85. The smallest absolute Gasteiger partial charge is 0.136 e. The first-order chi connectivity index (χ1) is 4.20. The highest BCUT2D eigenvalue weighted by molar-refractivity contribution is 7.83. The third kappa shape index (κ3) is 2.26. The summed E-state index contributed by atoms with van der Waals surface area (Å²) in [5, 5.41) is 0. The molecular weight excluding hydrogens is 134 g/mol. The second kappa shape index (κ2) is 2.60. The fourth-order valence-electron chi connectivity index (χ4n) is 0.778. The molecule has 0 radical (unpaired) electrons. The Morgan fingerprint density at radius 2 is 2.22 bits per heavy atom. The Balaban J connectivity index is 2.47. The topological polar surface area (TPSA) is 29.4 Å². The summed E-state index contributed by atoms with van der Waals surface area (Å²) in [7, 11) is -0.988. The number of nitrogens with zero attached hydrogens (tertiary/aromatic N) is 1. The molecule has 1 unspecified atom stereocenters. The Bertz CT molecular complexity index is 160. The van der Waals surface area contributed by atoms with Crippen LogP contribution in [0.1, 0.15) is 19.8 Å². The molecule has 0 amide bonds. The van der Waals surface area contributed by atoms with Gasteiger partial charge < -0.3 is 0 Å². The fraction of sp³-hybridized carbons (Fsp3) is 0.833. The predicted molar refractivity (Wildman–Crippen MR) is 39.9 cm³/mol. The average Bonchev–Trinajstić information content (AvgIpc) is 2.40. The maximum Gasteiger partial charge on any atom is 0.136 e. The Morgan fingerprint density at radius 3 is 2.56 bits per heavy atom. The predicted octanol–water partition coefficient (Wildman–Crippen LogP) is 1.15. The summed E-state index contributed by atoms with van der Waals surface area (Å²) in [5.74, 6) is 0.661. The van der Waals surface area contributed by atoms with Crippen LogP contribution in [0.3, 0.4) is 0 Å². The number of hydrogen-bond donors (Lipinski definition) is 0. The van der Waals surface area contributed by atoms with Gasteiger partial charge in [-0.1, -0.05) is 0 Å². The molecule has 0 bridgehead atoms. The van der Waals surface area contributed by atoms with Crippen LogP contribution in [0, 0.1) is 5.92 Å². The van der Waals surface area contributed by atoms with Crippen molar-refractivity contribution in [1.29, 1.82) is 0 Å². The summed E-state index contributed by atoms with van der Waals surface area (Å²) >= 11 is 0. The minimum Gasteiger partial charge on any atom is -0.235 e. The van der Waals surface area contributed by atoms with Crippen LogP contribution in [0.25, 0.3) is 0 Å². The Morgan fingerprint density at radius 1 is 1.67 bits per heavy atom. The van der Waals surface area contributed by atoms with Crippen LogP contribution in [0.15, 0.2) is 4.40 Å². The van der Waals surface area contributed by atoms with Crippen molar-refractivity contribution in [3.8, 4) is 0 Å². The number of rotatable bonds is 2. The zero-order valence-corrected chi connectivity index (χ0v) is 6.57.